The van der Waals surface area contributed by atoms with Gasteiger partial charge in [-0.05, 0) is 31.8 Å². The zero-order chi connectivity index (χ0) is 47.3. The highest BCUT2D eigenvalue weighted by Crippen LogP contribution is 2.43. The van der Waals surface area contributed by atoms with E-state index in [1.807, 2.05) is 33.3 Å². The van der Waals surface area contributed by atoms with Crippen LogP contribution in [0.3, 0.4) is 0 Å². The molecule has 1 amide bonds. The second-order valence-corrected chi connectivity index (χ2v) is 21.6. The van der Waals surface area contributed by atoms with Crippen molar-refractivity contribution in [2.24, 2.45) is 0 Å². The van der Waals surface area contributed by atoms with E-state index in [0.29, 0.717) is 23.9 Å². The Bertz CT molecular complexity index is 1110. The van der Waals surface area contributed by atoms with Crippen LogP contribution in [0, 0.1) is 0 Å². The molecule has 0 aliphatic rings. The molecule has 0 aliphatic carbocycles. The van der Waals surface area contributed by atoms with E-state index in [2.05, 4.69) is 26.1 Å². The van der Waals surface area contributed by atoms with Crippen molar-refractivity contribution in [3.8, 4) is 0 Å². The maximum atomic E-state index is 13.4. The van der Waals surface area contributed by atoms with Gasteiger partial charge >= 0.3 is 13.8 Å². The number of rotatable bonds is 50. The fraction of sp³-hybridized carbons (Fsp3) is 0.926. The lowest BCUT2D eigenvalue weighted by atomic mass is 10.0. The Labute approximate surface area is 397 Å². The first-order valence-electron chi connectivity index (χ1n) is 27.5. The van der Waals surface area contributed by atoms with Gasteiger partial charge in [0.05, 0.1) is 33.8 Å². The largest absolute Gasteiger partial charge is 0.472 e. The third kappa shape index (κ3) is 45.9. The molecule has 0 bridgehead atoms. The molecular weight excluding hydrogens is 820 g/mol. The highest BCUT2D eigenvalue weighted by Gasteiger charge is 2.30. The number of hydrogen-bond donors (Lipinski definition) is 2. The Morgan fingerprint density at radius 3 is 1.28 bits per heavy atom. The Hall–Kier alpha value is -1.25. The van der Waals surface area contributed by atoms with Gasteiger partial charge in [0.2, 0.25) is 5.91 Å². The number of amides is 1. The molecule has 380 valence electrons. The molecule has 0 aromatic rings. The minimum Gasteiger partial charge on any atom is -0.456 e. The normalized spacial score (nSPS) is 13.9. The maximum Gasteiger partial charge on any atom is 0.472 e. The van der Waals surface area contributed by atoms with Gasteiger partial charge in [0.15, 0.2) is 0 Å². The number of phosphoric acid groups is 1. The average Bonchev–Trinajstić information content (AvgIpc) is 3.25. The molecule has 0 saturated heterocycles. The summed E-state index contributed by atoms with van der Waals surface area (Å²) in [5, 5.41) is 3.05. The molecule has 0 radical (unpaired) electrons. The average molecular weight is 928 g/mol. The summed E-state index contributed by atoms with van der Waals surface area (Å²) in [5.74, 6) is -0.491. The summed E-state index contributed by atoms with van der Waals surface area (Å²) in [6.07, 6.45) is 49.1. The number of esters is 1. The highest BCUT2D eigenvalue weighted by atomic mass is 31.2. The quantitative estimate of drug-likeness (QED) is 0.0205. The number of nitrogens with one attached hydrogen (secondary N) is 1. The number of hydrogen-bond acceptors (Lipinski definition) is 6. The summed E-state index contributed by atoms with van der Waals surface area (Å²) >= 11 is 0. The minimum absolute atomic E-state index is 0.0452. The molecule has 0 fully saturated rings. The molecule has 0 spiro atoms. The van der Waals surface area contributed by atoms with Crippen molar-refractivity contribution < 1.29 is 37.3 Å². The topological polar surface area (TPSA) is 111 Å². The van der Waals surface area contributed by atoms with Crippen LogP contribution in [-0.2, 0) is 27.9 Å². The van der Waals surface area contributed by atoms with Gasteiger partial charge < -0.3 is 19.4 Å². The molecule has 2 N–H and O–H groups in total. The van der Waals surface area contributed by atoms with Gasteiger partial charge in [-0.1, -0.05) is 239 Å². The Kier molecular flexibility index (Phi) is 44.6. The molecule has 9 nitrogen and oxygen atoms in total. The zero-order valence-corrected chi connectivity index (χ0v) is 44.2. The van der Waals surface area contributed by atoms with Gasteiger partial charge in [0.25, 0.3) is 0 Å². The van der Waals surface area contributed by atoms with E-state index < -0.39 is 20.0 Å². The number of likely N-dealkylation sites (N-methyl/N-ethyl adjacent to an activating group) is 1. The predicted molar refractivity (Wildman–Crippen MR) is 273 cm³/mol. The van der Waals surface area contributed by atoms with Gasteiger partial charge in [-0.25, -0.2) is 4.57 Å². The fourth-order valence-corrected chi connectivity index (χ4v) is 8.91. The van der Waals surface area contributed by atoms with E-state index in [0.717, 1.165) is 57.8 Å². The number of unbranched alkanes of at least 4 members (excludes halogenated alkanes) is 34. The van der Waals surface area contributed by atoms with Crippen LogP contribution in [0.25, 0.3) is 0 Å². The molecule has 0 aromatic carbocycles. The van der Waals surface area contributed by atoms with Crippen LogP contribution in [0.2, 0.25) is 0 Å². The van der Waals surface area contributed by atoms with E-state index in [-0.39, 0.29) is 25.1 Å². The van der Waals surface area contributed by atoms with Crippen LogP contribution < -0.4 is 5.32 Å². The van der Waals surface area contributed by atoms with Gasteiger partial charge in [-0.2, -0.15) is 0 Å². The third-order valence-electron chi connectivity index (χ3n) is 12.5. The van der Waals surface area contributed by atoms with Crippen LogP contribution in [0.1, 0.15) is 271 Å². The number of nitrogens with zero attached hydrogens (tertiary/aromatic N) is 1. The second-order valence-electron chi connectivity index (χ2n) is 20.1. The van der Waals surface area contributed by atoms with Crippen molar-refractivity contribution in [1.82, 2.24) is 5.32 Å². The van der Waals surface area contributed by atoms with E-state index in [1.54, 1.807) is 0 Å². The van der Waals surface area contributed by atoms with Crippen molar-refractivity contribution in [2.75, 3.05) is 40.9 Å². The Morgan fingerprint density at radius 1 is 0.531 bits per heavy atom. The van der Waals surface area contributed by atoms with E-state index >= 15 is 0 Å². The van der Waals surface area contributed by atoms with E-state index in [9.17, 15) is 19.0 Å². The molecule has 0 aromatic heterocycles. The molecule has 0 aliphatic heterocycles. The molecule has 3 unspecified atom stereocenters. The zero-order valence-electron chi connectivity index (χ0n) is 43.3. The molecule has 0 heterocycles. The monoisotopic (exact) mass is 928 g/mol. The number of carbonyl (C=O) groups is 2. The van der Waals surface area contributed by atoms with Crippen molar-refractivity contribution >= 4 is 19.7 Å². The van der Waals surface area contributed by atoms with E-state index in [1.165, 1.54) is 180 Å². The highest BCUT2D eigenvalue weighted by molar-refractivity contribution is 7.47. The minimum atomic E-state index is -4.43. The molecule has 64 heavy (non-hydrogen) atoms. The standard InChI is InChI=1S/C54H107N2O7P/c1-7-10-13-16-19-22-25-27-29-32-35-38-41-44-47-54(58)63-52(45-42-39-36-33-30-24-21-18-15-12-9-3)51(50-62-64(59,60)61-49-48-56(4,5)6)55-53(57)46-43-40-37-34-31-28-26-23-20-17-14-11-8-2/h42,45,51-52H,7-41,43-44,46-50H2,1-6H3,(H-,55,57,59,60)/p+1/b45-42+. The Morgan fingerprint density at radius 2 is 0.891 bits per heavy atom. The molecule has 10 heteroatoms. The van der Waals surface area contributed by atoms with Gasteiger partial charge in [0.1, 0.15) is 19.3 Å². The summed E-state index contributed by atoms with van der Waals surface area (Å²) in [7, 11) is 1.51. The third-order valence-corrected chi connectivity index (χ3v) is 13.5. The van der Waals surface area contributed by atoms with Crippen LogP contribution in [0.5, 0.6) is 0 Å². The predicted octanol–water partition coefficient (Wildman–Crippen LogP) is 16.1. The summed E-state index contributed by atoms with van der Waals surface area (Å²) < 4.78 is 30.5. The number of carbonyl (C=O) groups excluding carboxylic acids is 2. The smallest absolute Gasteiger partial charge is 0.456 e. The summed E-state index contributed by atoms with van der Waals surface area (Å²) in [6, 6.07) is -0.836. The number of allylic oxidation sites excluding steroid dienone is 1. The second kappa shape index (κ2) is 45.5. The maximum absolute atomic E-state index is 13.4. The SMILES string of the molecule is CCCCCCCCCCC/C=C/C(OC(=O)CCCCCCCCCCCCCCCC)C(COP(=O)(O)OCC[N+](C)(C)C)NC(=O)CCCCCCCCCCCCCCC. The van der Waals surface area contributed by atoms with Crippen LogP contribution in [0.15, 0.2) is 12.2 Å². The first-order valence-corrected chi connectivity index (χ1v) is 29.0. The van der Waals surface area contributed by atoms with Crippen LogP contribution in [0.4, 0.5) is 0 Å². The van der Waals surface area contributed by atoms with Crippen molar-refractivity contribution in [3.05, 3.63) is 12.2 Å². The summed E-state index contributed by atoms with van der Waals surface area (Å²) in [6.45, 7) is 7.03. The van der Waals surface area contributed by atoms with Crippen molar-refractivity contribution in [3.63, 3.8) is 0 Å². The van der Waals surface area contributed by atoms with Gasteiger partial charge in [0, 0.05) is 12.8 Å². The van der Waals surface area contributed by atoms with E-state index in [4.69, 9.17) is 13.8 Å². The first kappa shape index (κ1) is 62.8. The summed E-state index contributed by atoms with van der Waals surface area (Å²) in [4.78, 5) is 37.4. The lowest BCUT2D eigenvalue weighted by Crippen LogP contribution is -2.47. The lowest BCUT2D eigenvalue weighted by molar-refractivity contribution is -0.870. The fourth-order valence-electron chi connectivity index (χ4n) is 8.18. The van der Waals surface area contributed by atoms with Crippen molar-refractivity contribution in [1.29, 1.82) is 0 Å². The molecule has 3 atom stereocenters. The Balaban J connectivity index is 5.34. The summed E-state index contributed by atoms with van der Waals surface area (Å²) in [5.41, 5.74) is 0. The molecular formula is C54H108N2O7P+. The number of phosphoric ester groups is 1. The lowest BCUT2D eigenvalue weighted by Gasteiger charge is -2.27. The van der Waals surface area contributed by atoms with Crippen LogP contribution in [-0.4, -0.2) is 74.3 Å². The first-order chi connectivity index (χ1) is 30.9. The molecule has 0 rings (SSSR count). The molecule has 0 saturated carbocycles. The van der Waals surface area contributed by atoms with Crippen molar-refractivity contribution in [2.45, 2.75) is 283 Å². The van der Waals surface area contributed by atoms with Crippen LogP contribution >= 0.6 is 7.82 Å². The van der Waals surface area contributed by atoms with Gasteiger partial charge in [-0.15, -0.1) is 0 Å². The van der Waals surface area contributed by atoms with Gasteiger partial charge in [-0.3, -0.25) is 18.6 Å². The number of ether oxygens (including phenoxy) is 1. The number of quaternary nitrogens is 1.